The van der Waals surface area contributed by atoms with Crippen molar-refractivity contribution in [2.75, 3.05) is 13.1 Å². The molecule has 0 aliphatic carbocycles. The molecule has 2 rings (SSSR count). The zero-order chi connectivity index (χ0) is 12.5. The van der Waals surface area contributed by atoms with Crippen LogP contribution in [0.1, 0.15) is 38.7 Å². The first-order valence-electron chi connectivity index (χ1n) is 6.54. The molecule has 2 heteroatoms. The number of piperidine rings is 1. The van der Waals surface area contributed by atoms with Crippen LogP contribution < -0.4 is 5.73 Å². The van der Waals surface area contributed by atoms with Gasteiger partial charge in [0.15, 0.2) is 0 Å². The van der Waals surface area contributed by atoms with Gasteiger partial charge in [-0.3, -0.25) is 4.90 Å². The van der Waals surface area contributed by atoms with E-state index in [-0.39, 0.29) is 11.6 Å². The standard InChI is InChI=1S/C15H24N2/c1-15(2,3)17-10-9-13(14(16)11-17)12-7-5-4-6-8-12/h4-8,13-14H,9-11,16H2,1-3H3. The third-order valence-electron chi connectivity index (χ3n) is 3.83. The molecule has 0 saturated carbocycles. The van der Waals surface area contributed by atoms with Crippen LogP contribution in [0.15, 0.2) is 30.3 Å². The average Bonchev–Trinajstić information content (AvgIpc) is 2.29. The Morgan fingerprint density at radius 3 is 2.35 bits per heavy atom. The summed E-state index contributed by atoms with van der Waals surface area (Å²) in [6.45, 7) is 8.95. The van der Waals surface area contributed by atoms with Gasteiger partial charge in [0.2, 0.25) is 0 Å². The van der Waals surface area contributed by atoms with E-state index in [1.54, 1.807) is 0 Å². The Kier molecular flexibility index (Phi) is 3.55. The van der Waals surface area contributed by atoms with Crippen LogP contribution in [0.5, 0.6) is 0 Å². The zero-order valence-corrected chi connectivity index (χ0v) is 11.2. The number of hydrogen-bond donors (Lipinski definition) is 1. The lowest BCUT2D eigenvalue weighted by Gasteiger charge is -2.44. The molecule has 1 aromatic rings. The van der Waals surface area contributed by atoms with Crippen molar-refractivity contribution in [3.63, 3.8) is 0 Å². The van der Waals surface area contributed by atoms with Crippen LogP contribution in [-0.4, -0.2) is 29.6 Å². The first-order valence-corrected chi connectivity index (χ1v) is 6.54. The minimum absolute atomic E-state index is 0.235. The second-order valence-corrected chi connectivity index (χ2v) is 6.09. The number of nitrogens with zero attached hydrogens (tertiary/aromatic N) is 1. The Bertz CT molecular complexity index is 353. The van der Waals surface area contributed by atoms with Gasteiger partial charge in [0.1, 0.15) is 0 Å². The van der Waals surface area contributed by atoms with Crippen LogP contribution in [0, 0.1) is 0 Å². The molecule has 0 bridgehead atoms. The predicted octanol–water partition coefficient (Wildman–Crippen LogP) is 2.60. The molecule has 0 radical (unpaired) electrons. The quantitative estimate of drug-likeness (QED) is 0.806. The zero-order valence-electron chi connectivity index (χ0n) is 11.2. The SMILES string of the molecule is CC(C)(C)N1CCC(c2ccccc2)C(N)C1. The fourth-order valence-corrected chi connectivity index (χ4v) is 2.71. The first-order chi connectivity index (χ1) is 7.98. The van der Waals surface area contributed by atoms with E-state index in [0.717, 1.165) is 13.1 Å². The highest BCUT2D eigenvalue weighted by Crippen LogP contribution is 2.30. The van der Waals surface area contributed by atoms with Crippen molar-refractivity contribution < 1.29 is 0 Å². The highest BCUT2D eigenvalue weighted by molar-refractivity contribution is 5.22. The number of nitrogens with two attached hydrogens (primary N) is 1. The van der Waals surface area contributed by atoms with E-state index in [1.807, 2.05) is 0 Å². The molecule has 0 spiro atoms. The highest BCUT2D eigenvalue weighted by Gasteiger charge is 2.32. The van der Waals surface area contributed by atoms with Gasteiger partial charge in [-0.05, 0) is 39.3 Å². The number of benzene rings is 1. The monoisotopic (exact) mass is 232 g/mol. The van der Waals surface area contributed by atoms with Crippen LogP contribution in [0.4, 0.5) is 0 Å². The Labute approximate surface area is 105 Å². The summed E-state index contributed by atoms with van der Waals surface area (Å²) in [4.78, 5) is 2.50. The minimum atomic E-state index is 0.235. The molecular weight excluding hydrogens is 208 g/mol. The summed E-state index contributed by atoms with van der Waals surface area (Å²) in [5, 5.41) is 0. The van der Waals surface area contributed by atoms with Crippen LogP contribution in [0.2, 0.25) is 0 Å². The summed E-state index contributed by atoms with van der Waals surface area (Å²) in [5.41, 5.74) is 7.99. The summed E-state index contributed by atoms with van der Waals surface area (Å²) in [5.74, 6) is 0.523. The maximum atomic E-state index is 6.36. The molecule has 1 aromatic carbocycles. The lowest BCUT2D eigenvalue weighted by Crippen LogP contribution is -2.54. The normalized spacial score (nSPS) is 27.1. The Morgan fingerprint density at radius 1 is 1.18 bits per heavy atom. The van der Waals surface area contributed by atoms with Crippen LogP contribution >= 0.6 is 0 Å². The summed E-state index contributed by atoms with van der Waals surface area (Å²) in [7, 11) is 0. The predicted molar refractivity (Wildman–Crippen MR) is 73.1 cm³/mol. The topological polar surface area (TPSA) is 29.3 Å². The van der Waals surface area contributed by atoms with E-state index in [4.69, 9.17) is 5.73 Å². The van der Waals surface area contributed by atoms with Crippen molar-refractivity contribution in [2.45, 2.75) is 44.7 Å². The molecule has 2 N–H and O–H groups in total. The van der Waals surface area contributed by atoms with Gasteiger partial charge in [0.25, 0.3) is 0 Å². The Morgan fingerprint density at radius 2 is 1.82 bits per heavy atom. The molecule has 1 aliphatic rings. The van der Waals surface area contributed by atoms with Crippen molar-refractivity contribution in [1.29, 1.82) is 0 Å². The lowest BCUT2D eigenvalue weighted by molar-refractivity contribution is 0.0902. The van der Waals surface area contributed by atoms with Crippen LogP contribution in [-0.2, 0) is 0 Å². The van der Waals surface area contributed by atoms with E-state index in [9.17, 15) is 0 Å². The number of hydrogen-bond acceptors (Lipinski definition) is 2. The van der Waals surface area contributed by atoms with Gasteiger partial charge in [-0.25, -0.2) is 0 Å². The average molecular weight is 232 g/mol. The number of rotatable bonds is 1. The minimum Gasteiger partial charge on any atom is -0.326 e. The van der Waals surface area contributed by atoms with E-state index in [2.05, 4.69) is 56.0 Å². The van der Waals surface area contributed by atoms with Gasteiger partial charge in [-0.1, -0.05) is 30.3 Å². The van der Waals surface area contributed by atoms with E-state index >= 15 is 0 Å². The summed E-state index contributed by atoms with van der Waals surface area (Å²) in [6, 6.07) is 11.0. The van der Waals surface area contributed by atoms with Crippen LogP contribution in [0.25, 0.3) is 0 Å². The van der Waals surface area contributed by atoms with Crippen molar-refractivity contribution in [1.82, 2.24) is 4.90 Å². The maximum Gasteiger partial charge on any atom is 0.0238 e. The van der Waals surface area contributed by atoms with Crippen molar-refractivity contribution >= 4 is 0 Å². The smallest absolute Gasteiger partial charge is 0.0238 e. The number of likely N-dealkylation sites (tertiary alicyclic amines) is 1. The molecule has 1 aliphatic heterocycles. The van der Waals surface area contributed by atoms with Crippen molar-refractivity contribution in [2.24, 2.45) is 5.73 Å². The first kappa shape index (κ1) is 12.6. The largest absolute Gasteiger partial charge is 0.326 e. The Balaban J connectivity index is 2.07. The fourth-order valence-electron chi connectivity index (χ4n) is 2.71. The molecule has 2 unspecified atom stereocenters. The van der Waals surface area contributed by atoms with Crippen molar-refractivity contribution in [3.8, 4) is 0 Å². The third-order valence-corrected chi connectivity index (χ3v) is 3.83. The van der Waals surface area contributed by atoms with Gasteiger partial charge >= 0.3 is 0 Å². The molecule has 94 valence electrons. The second kappa shape index (κ2) is 4.79. The highest BCUT2D eigenvalue weighted by atomic mass is 15.2. The molecule has 2 atom stereocenters. The Hall–Kier alpha value is -0.860. The van der Waals surface area contributed by atoms with Gasteiger partial charge < -0.3 is 5.73 Å². The lowest BCUT2D eigenvalue weighted by atomic mass is 9.84. The van der Waals surface area contributed by atoms with E-state index in [1.165, 1.54) is 12.0 Å². The summed E-state index contributed by atoms with van der Waals surface area (Å²) < 4.78 is 0. The fraction of sp³-hybridized carbons (Fsp3) is 0.600. The molecular formula is C15H24N2. The molecule has 2 nitrogen and oxygen atoms in total. The third kappa shape index (κ3) is 2.88. The van der Waals surface area contributed by atoms with Gasteiger partial charge in [0, 0.05) is 24.0 Å². The second-order valence-electron chi connectivity index (χ2n) is 6.09. The maximum absolute atomic E-state index is 6.36. The van der Waals surface area contributed by atoms with Gasteiger partial charge in [0.05, 0.1) is 0 Å². The van der Waals surface area contributed by atoms with E-state index in [0.29, 0.717) is 5.92 Å². The van der Waals surface area contributed by atoms with E-state index < -0.39 is 0 Å². The molecule has 0 amide bonds. The summed E-state index contributed by atoms with van der Waals surface area (Å²) in [6.07, 6.45) is 1.17. The molecule has 1 fully saturated rings. The summed E-state index contributed by atoms with van der Waals surface area (Å²) >= 11 is 0. The van der Waals surface area contributed by atoms with Gasteiger partial charge in [-0.15, -0.1) is 0 Å². The van der Waals surface area contributed by atoms with Crippen LogP contribution in [0.3, 0.4) is 0 Å². The molecule has 17 heavy (non-hydrogen) atoms. The molecule has 1 saturated heterocycles. The molecule has 1 heterocycles. The van der Waals surface area contributed by atoms with Gasteiger partial charge in [-0.2, -0.15) is 0 Å². The van der Waals surface area contributed by atoms with Crippen molar-refractivity contribution in [3.05, 3.63) is 35.9 Å². The molecule has 0 aromatic heterocycles.